The van der Waals surface area contributed by atoms with Crippen LogP contribution in [-0.4, -0.2) is 25.0 Å². The van der Waals surface area contributed by atoms with Gasteiger partial charge in [-0.2, -0.15) is 0 Å². The van der Waals surface area contributed by atoms with Crippen LogP contribution in [0.15, 0.2) is 36.5 Å². The Balaban J connectivity index is 2.07. The fourth-order valence-corrected chi connectivity index (χ4v) is 3.36. The van der Waals surface area contributed by atoms with E-state index in [9.17, 15) is 4.79 Å². The molecule has 3 aromatic rings. The van der Waals surface area contributed by atoms with Gasteiger partial charge in [0.2, 0.25) is 0 Å². The molecule has 0 saturated carbocycles. The zero-order chi connectivity index (χ0) is 16.4. The van der Waals surface area contributed by atoms with Crippen LogP contribution in [0.2, 0.25) is 5.02 Å². The minimum absolute atomic E-state index is 0.134. The normalized spacial score (nSPS) is 10.6. The van der Waals surface area contributed by atoms with E-state index in [2.05, 4.69) is 15.6 Å². The molecule has 7 heteroatoms. The van der Waals surface area contributed by atoms with Gasteiger partial charge in [-0.25, -0.2) is 4.98 Å². The number of nitrogens with zero attached hydrogens (tertiary/aromatic N) is 1. The van der Waals surface area contributed by atoms with E-state index in [0.717, 1.165) is 10.1 Å². The summed E-state index contributed by atoms with van der Waals surface area (Å²) in [5.41, 5.74) is 0. The van der Waals surface area contributed by atoms with Gasteiger partial charge in [-0.3, -0.25) is 4.79 Å². The summed E-state index contributed by atoms with van der Waals surface area (Å²) < 4.78 is 6.77. The average Bonchev–Trinajstić information content (AvgIpc) is 3.02. The van der Waals surface area contributed by atoms with Crippen LogP contribution >= 0.6 is 22.9 Å². The van der Waals surface area contributed by atoms with Crippen LogP contribution in [0, 0.1) is 0 Å². The van der Waals surface area contributed by atoms with Gasteiger partial charge in [0.15, 0.2) is 5.75 Å². The van der Waals surface area contributed by atoms with Crippen molar-refractivity contribution in [1.29, 1.82) is 0 Å². The summed E-state index contributed by atoms with van der Waals surface area (Å²) in [5.74, 6) is 1.82. The molecule has 0 radical (unpaired) electrons. The molecule has 0 aliphatic rings. The van der Waals surface area contributed by atoms with Crippen molar-refractivity contribution in [2.75, 3.05) is 19.4 Å². The average molecular weight is 348 g/mol. The van der Waals surface area contributed by atoms with E-state index < -0.39 is 0 Å². The molecule has 0 unspecified atom stereocenters. The number of ether oxygens (including phenoxy) is 1. The van der Waals surface area contributed by atoms with Crippen LogP contribution in [0.25, 0.3) is 10.1 Å². The molecule has 0 spiro atoms. The van der Waals surface area contributed by atoms with Crippen LogP contribution in [0.1, 0.15) is 9.67 Å². The number of carbonyl (C=O) groups is 1. The number of rotatable bonds is 4. The van der Waals surface area contributed by atoms with Crippen molar-refractivity contribution in [3.8, 4) is 11.5 Å². The number of nitrogens with one attached hydrogen (secondary N) is 2. The number of carbonyl (C=O) groups excluding carboxylic acids is 1. The maximum absolute atomic E-state index is 11.9. The van der Waals surface area contributed by atoms with Gasteiger partial charge >= 0.3 is 0 Å². The maximum Gasteiger partial charge on any atom is 0.261 e. The number of thiophene rings is 1. The van der Waals surface area contributed by atoms with Crippen molar-refractivity contribution in [1.82, 2.24) is 10.3 Å². The minimum atomic E-state index is -0.134. The third kappa shape index (κ3) is 3.09. The fraction of sp³-hybridized carbons (Fsp3) is 0.125. The zero-order valence-corrected chi connectivity index (χ0v) is 14.1. The van der Waals surface area contributed by atoms with Crippen molar-refractivity contribution >= 4 is 44.7 Å². The van der Waals surface area contributed by atoms with Crippen LogP contribution in [0.3, 0.4) is 0 Å². The first kappa shape index (κ1) is 15.6. The molecule has 1 amide bonds. The molecular formula is C16H14ClN3O2S. The standard InChI is InChI=1S/C16H14ClN3O2S/c1-18-15-14-11(7-13(23-14)16(21)19-2)12(8-20-15)22-10-5-3-9(17)4-6-10/h3-8H,1-2H3,(H,18,20)(H,19,21). The lowest BCUT2D eigenvalue weighted by Gasteiger charge is -2.08. The highest BCUT2D eigenvalue weighted by molar-refractivity contribution is 7.21. The number of fused-ring (bicyclic) bond motifs is 1. The number of aromatic nitrogens is 1. The lowest BCUT2D eigenvalue weighted by atomic mass is 10.2. The molecule has 0 aliphatic heterocycles. The Kier molecular flexibility index (Phi) is 4.36. The van der Waals surface area contributed by atoms with Crippen LogP contribution < -0.4 is 15.4 Å². The van der Waals surface area contributed by atoms with Crippen molar-refractivity contribution in [2.24, 2.45) is 0 Å². The van der Waals surface area contributed by atoms with E-state index in [1.165, 1.54) is 11.3 Å². The highest BCUT2D eigenvalue weighted by atomic mass is 35.5. The quantitative estimate of drug-likeness (QED) is 0.744. The second kappa shape index (κ2) is 6.44. The van der Waals surface area contributed by atoms with Gasteiger partial charge in [0.1, 0.15) is 11.6 Å². The number of hydrogen-bond acceptors (Lipinski definition) is 5. The third-order valence-electron chi connectivity index (χ3n) is 3.25. The van der Waals surface area contributed by atoms with Gasteiger partial charge in [-0.15, -0.1) is 11.3 Å². The molecule has 2 N–H and O–H groups in total. The second-order valence-corrected chi connectivity index (χ2v) is 6.20. The van der Waals surface area contributed by atoms with Gasteiger partial charge in [-0.05, 0) is 30.3 Å². The largest absolute Gasteiger partial charge is 0.455 e. The molecule has 0 atom stereocenters. The Bertz CT molecular complexity index is 862. The number of pyridine rings is 1. The number of benzene rings is 1. The molecule has 0 bridgehead atoms. The van der Waals surface area contributed by atoms with Crippen molar-refractivity contribution in [2.45, 2.75) is 0 Å². The van der Waals surface area contributed by atoms with Crippen molar-refractivity contribution in [3.63, 3.8) is 0 Å². The third-order valence-corrected chi connectivity index (χ3v) is 4.65. The molecule has 0 fully saturated rings. The summed E-state index contributed by atoms with van der Waals surface area (Å²) in [7, 11) is 3.40. The molecule has 0 saturated heterocycles. The Labute approximate surface area is 142 Å². The van der Waals surface area contributed by atoms with Crippen molar-refractivity contribution < 1.29 is 9.53 Å². The van der Waals surface area contributed by atoms with E-state index in [4.69, 9.17) is 16.3 Å². The first-order valence-corrected chi connectivity index (χ1v) is 8.07. The lowest BCUT2D eigenvalue weighted by molar-refractivity contribution is 0.0967. The van der Waals surface area contributed by atoms with Gasteiger partial charge < -0.3 is 15.4 Å². The van der Waals surface area contributed by atoms with E-state index in [1.807, 2.05) is 6.07 Å². The smallest absolute Gasteiger partial charge is 0.261 e. The molecule has 2 heterocycles. The molecule has 118 valence electrons. The van der Waals surface area contributed by atoms with Gasteiger partial charge in [0, 0.05) is 24.5 Å². The molecular weight excluding hydrogens is 334 g/mol. The van der Waals surface area contributed by atoms with E-state index in [0.29, 0.717) is 27.2 Å². The lowest BCUT2D eigenvalue weighted by Crippen LogP contribution is -2.15. The van der Waals surface area contributed by atoms with E-state index in [-0.39, 0.29) is 5.91 Å². The Morgan fingerprint density at radius 2 is 2.00 bits per heavy atom. The molecule has 23 heavy (non-hydrogen) atoms. The summed E-state index contributed by atoms with van der Waals surface area (Å²) in [5, 5.41) is 7.14. The summed E-state index contributed by atoms with van der Waals surface area (Å²) in [6, 6.07) is 8.89. The topological polar surface area (TPSA) is 63.2 Å². The van der Waals surface area contributed by atoms with Crippen LogP contribution in [0.4, 0.5) is 5.82 Å². The molecule has 0 aliphatic carbocycles. The van der Waals surface area contributed by atoms with E-state index in [1.54, 1.807) is 44.6 Å². The van der Waals surface area contributed by atoms with Gasteiger partial charge in [0.05, 0.1) is 15.8 Å². The Morgan fingerprint density at radius 3 is 2.65 bits per heavy atom. The Hall–Kier alpha value is -2.31. The zero-order valence-electron chi connectivity index (χ0n) is 12.5. The first-order chi connectivity index (χ1) is 11.1. The van der Waals surface area contributed by atoms with Gasteiger partial charge in [-0.1, -0.05) is 11.6 Å². The molecule has 1 aromatic carbocycles. The van der Waals surface area contributed by atoms with Crippen molar-refractivity contribution in [3.05, 3.63) is 46.4 Å². The Morgan fingerprint density at radius 1 is 1.26 bits per heavy atom. The van der Waals surface area contributed by atoms with Crippen LogP contribution in [-0.2, 0) is 0 Å². The monoisotopic (exact) mass is 347 g/mol. The number of hydrogen-bond donors (Lipinski definition) is 2. The molecule has 5 nitrogen and oxygen atoms in total. The highest BCUT2D eigenvalue weighted by Gasteiger charge is 2.16. The number of halogens is 1. The molecule has 3 rings (SSSR count). The maximum atomic E-state index is 11.9. The summed E-state index contributed by atoms with van der Waals surface area (Å²) >= 11 is 7.25. The summed E-state index contributed by atoms with van der Waals surface area (Å²) in [6.45, 7) is 0. The summed E-state index contributed by atoms with van der Waals surface area (Å²) in [4.78, 5) is 16.9. The van der Waals surface area contributed by atoms with E-state index >= 15 is 0 Å². The second-order valence-electron chi connectivity index (χ2n) is 4.71. The minimum Gasteiger partial charge on any atom is -0.455 e. The first-order valence-electron chi connectivity index (χ1n) is 6.88. The SMILES string of the molecule is CNC(=O)c1cc2c(Oc3ccc(Cl)cc3)cnc(NC)c2s1. The fourth-order valence-electron chi connectivity index (χ4n) is 2.13. The highest BCUT2D eigenvalue weighted by Crippen LogP contribution is 2.38. The number of anilines is 1. The predicted octanol–water partition coefficient (Wildman–Crippen LogP) is 4.14. The van der Waals surface area contributed by atoms with Crippen LogP contribution in [0.5, 0.6) is 11.5 Å². The summed E-state index contributed by atoms with van der Waals surface area (Å²) in [6.07, 6.45) is 1.64. The predicted molar refractivity (Wildman–Crippen MR) is 94.1 cm³/mol. The molecule has 2 aromatic heterocycles. The number of amides is 1. The van der Waals surface area contributed by atoms with Gasteiger partial charge in [0.25, 0.3) is 5.91 Å².